The summed E-state index contributed by atoms with van der Waals surface area (Å²) in [4.78, 5) is 10.9. The van der Waals surface area contributed by atoms with E-state index in [9.17, 15) is 4.79 Å². The van der Waals surface area contributed by atoms with Crippen LogP contribution in [0.1, 0.15) is 21.9 Å². The molecule has 2 aromatic rings. The van der Waals surface area contributed by atoms with Gasteiger partial charge in [-0.15, -0.1) is 0 Å². The smallest absolute Gasteiger partial charge is 0.372 e. The van der Waals surface area contributed by atoms with Crippen LogP contribution in [0.3, 0.4) is 0 Å². The van der Waals surface area contributed by atoms with Crippen molar-refractivity contribution in [3.63, 3.8) is 0 Å². The molecular formula is C13H10BrCl2NO3. The molecule has 1 heterocycles. The fourth-order valence-electron chi connectivity index (χ4n) is 1.69. The highest BCUT2D eigenvalue weighted by molar-refractivity contribution is 9.10. The van der Waals surface area contributed by atoms with Crippen LogP contribution in [0, 0.1) is 6.92 Å². The molecule has 0 atom stereocenters. The van der Waals surface area contributed by atoms with Gasteiger partial charge in [0, 0.05) is 10.0 Å². The molecule has 1 aromatic heterocycles. The van der Waals surface area contributed by atoms with Crippen molar-refractivity contribution in [1.29, 1.82) is 0 Å². The summed E-state index contributed by atoms with van der Waals surface area (Å²) in [6, 6.07) is 5.21. The van der Waals surface area contributed by atoms with E-state index in [1.54, 1.807) is 25.1 Å². The van der Waals surface area contributed by atoms with Crippen molar-refractivity contribution < 1.29 is 14.3 Å². The van der Waals surface area contributed by atoms with Crippen LogP contribution in [-0.4, -0.2) is 11.1 Å². The maximum atomic E-state index is 10.9. The van der Waals surface area contributed by atoms with Crippen LogP contribution in [0.15, 0.2) is 27.1 Å². The largest absolute Gasteiger partial charge is 0.475 e. The van der Waals surface area contributed by atoms with Crippen LogP contribution < -0.4 is 5.32 Å². The Morgan fingerprint density at radius 3 is 2.70 bits per heavy atom. The van der Waals surface area contributed by atoms with Crippen molar-refractivity contribution in [2.45, 2.75) is 13.5 Å². The Bertz CT molecular complexity index is 670. The van der Waals surface area contributed by atoms with Crippen molar-refractivity contribution in [2.75, 3.05) is 5.32 Å². The Balaban J connectivity index is 2.15. The Labute approximate surface area is 133 Å². The standard InChI is InChI=1S/C13H10BrCl2NO3/c1-6-4-7(20-12(6)13(18)19)5-17-9-3-2-8(14)10(15)11(9)16/h2-4,17H,5H2,1H3,(H,18,19). The minimum absolute atomic E-state index is 0.0539. The average molecular weight is 379 g/mol. The van der Waals surface area contributed by atoms with Gasteiger partial charge in [-0.1, -0.05) is 23.2 Å². The monoisotopic (exact) mass is 377 g/mol. The first-order valence-electron chi connectivity index (χ1n) is 5.60. The normalized spacial score (nSPS) is 10.6. The van der Waals surface area contributed by atoms with Crippen LogP contribution in [0.4, 0.5) is 5.69 Å². The van der Waals surface area contributed by atoms with E-state index >= 15 is 0 Å². The van der Waals surface area contributed by atoms with Gasteiger partial charge < -0.3 is 14.8 Å². The topological polar surface area (TPSA) is 62.5 Å². The van der Waals surface area contributed by atoms with Crippen molar-refractivity contribution in [1.82, 2.24) is 0 Å². The molecule has 2 N–H and O–H groups in total. The minimum atomic E-state index is -1.08. The van der Waals surface area contributed by atoms with Gasteiger partial charge in [-0.05, 0) is 41.1 Å². The van der Waals surface area contributed by atoms with E-state index < -0.39 is 5.97 Å². The number of carbonyl (C=O) groups is 1. The first-order valence-corrected chi connectivity index (χ1v) is 7.15. The van der Waals surface area contributed by atoms with Gasteiger partial charge >= 0.3 is 5.97 Å². The quantitative estimate of drug-likeness (QED) is 0.737. The maximum absolute atomic E-state index is 10.9. The van der Waals surface area contributed by atoms with E-state index in [0.717, 1.165) is 0 Å². The summed E-state index contributed by atoms with van der Waals surface area (Å²) in [6.45, 7) is 1.99. The number of nitrogens with one attached hydrogen (secondary N) is 1. The summed E-state index contributed by atoms with van der Waals surface area (Å²) in [5.41, 5.74) is 1.22. The summed E-state index contributed by atoms with van der Waals surface area (Å²) in [5, 5.41) is 12.8. The second-order valence-electron chi connectivity index (χ2n) is 4.11. The number of halogens is 3. The Morgan fingerprint density at radius 2 is 2.10 bits per heavy atom. The lowest BCUT2D eigenvalue weighted by Gasteiger charge is -2.09. The number of furan rings is 1. The fourth-order valence-corrected chi connectivity index (χ4v) is 2.53. The first kappa shape index (κ1) is 15.2. The lowest BCUT2D eigenvalue weighted by Crippen LogP contribution is -1.99. The van der Waals surface area contributed by atoms with E-state index in [-0.39, 0.29) is 5.76 Å². The van der Waals surface area contributed by atoms with E-state index in [1.807, 2.05) is 0 Å². The molecule has 106 valence electrons. The predicted molar refractivity (Wildman–Crippen MR) is 81.9 cm³/mol. The fraction of sp³-hybridized carbons (Fsp3) is 0.154. The third kappa shape index (κ3) is 3.11. The molecule has 0 amide bonds. The molecule has 1 aromatic carbocycles. The molecule has 0 saturated carbocycles. The molecule has 0 bridgehead atoms. The summed E-state index contributed by atoms with van der Waals surface area (Å²) in [6.07, 6.45) is 0. The Kier molecular flexibility index (Phi) is 4.62. The van der Waals surface area contributed by atoms with Gasteiger partial charge in [0.1, 0.15) is 5.76 Å². The number of hydrogen-bond acceptors (Lipinski definition) is 3. The number of rotatable bonds is 4. The zero-order valence-corrected chi connectivity index (χ0v) is 13.4. The molecule has 0 unspecified atom stereocenters. The van der Waals surface area contributed by atoms with Gasteiger partial charge in [0.2, 0.25) is 5.76 Å². The van der Waals surface area contributed by atoms with Crippen molar-refractivity contribution in [2.24, 2.45) is 0 Å². The molecule has 0 aliphatic heterocycles. The molecule has 4 nitrogen and oxygen atoms in total. The van der Waals surface area contributed by atoms with Crippen LogP contribution >= 0.6 is 39.1 Å². The van der Waals surface area contributed by atoms with E-state index in [1.165, 1.54) is 0 Å². The van der Waals surface area contributed by atoms with E-state index in [4.69, 9.17) is 32.7 Å². The van der Waals surface area contributed by atoms with E-state index in [2.05, 4.69) is 21.2 Å². The number of carboxylic acids is 1. The molecule has 0 saturated heterocycles. The summed E-state index contributed by atoms with van der Waals surface area (Å²) >= 11 is 15.4. The highest BCUT2D eigenvalue weighted by Crippen LogP contribution is 2.36. The SMILES string of the molecule is Cc1cc(CNc2ccc(Br)c(Cl)c2Cl)oc1C(=O)O. The molecule has 0 spiro atoms. The Morgan fingerprint density at radius 1 is 1.40 bits per heavy atom. The van der Waals surface area contributed by atoms with Crippen molar-refractivity contribution in [3.05, 3.63) is 49.8 Å². The zero-order chi connectivity index (χ0) is 14.9. The van der Waals surface area contributed by atoms with Gasteiger partial charge in [0.15, 0.2) is 0 Å². The minimum Gasteiger partial charge on any atom is -0.475 e. The van der Waals surface area contributed by atoms with Crippen LogP contribution in [0.25, 0.3) is 0 Å². The number of carboxylic acid groups (broad SMARTS) is 1. The van der Waals surface area contributed by atoms with Crippen molar-refractivity contribution in [3.8, 4) is 0 Å². The van der Waals surface area contributed by atoms with Crippen LogP contribution in [0.2, 0.25) is 10.0 Å². The third-order valence-corrected chi connectivity index (χ3v) is 4.42. The summed E-state index contributed by atoms with van der Waals surface area (Å²) in [7, 11) is 0. The lowest BCUT2D eigenvalue weighted by atomic mass is 10.2. The molecule has 0 aliphatic rings. The molecule has 7 heteroatoms. The van der Waals surface area contributed by atoms with Gasteiger partial charge in [0.05, 0.1) is 22.3 Å². The molecule has 0 fully saturated rings. The first-order chi connectivity index (χ1) is 9.40. The highest BCUT2D eigenvalue weighted by atomic mass is 79.9. The van der Waals surface area contributed by atoms with Gasteiger partial charge in [0.25, 0.3) is 0 Å². The molecule has 0 aliphatic carbocycles. The van der Waals surface area contributed by atoms with Crippen molar-refractivity contribution >= 4 is 50.8 Å². The number of benzene rings is 1. The van der Waals surface area contributed by atoms with Crippen LogP contribution in [0.5, 0.6) is 0 Å². The molecule has 2 rings (SSSR count). The van der Waals surface area contributed by atoms with Gasteiger partial charge in [-0.2, -0.15) is 0 Å². The lowest BCUT2D eigenvalue weighted by molar-refractivity contribution is 0.0659. The Hall–Kier alpha value is -1.17. The maximum Gasteiger partial charge on any atom is 0.372 e. The highest BCUT2D eigenvalue weighted by Gasteiger charge is 2.14. The van der Waals surface area contributed by atoms with Gasteiger partial charge in [-0.25, -0.2) is 4.79 Å². The predicted octanol–water partition coefficient (Wildman–Crippen LogP) is 4.97. The molecule has 20 heavy (non-hydrogen) atoms. The molecular weight excluding hydrogens is 369 g/mol. The summed E-state index contributed by atoms with van der Waals surface area (Å²) < 4.78 is 5.95. The van der Waals surface area contributed by atoms with Crippen LogP contribution in [-0.2, 0) is 6.54 Å². The summed E-state index contributed by atoms with van der Waals surface area (Å²) in [5.74, 6) is -0.629. The third-order valence-electron chi connectivity index (χ3n) is 2.65. The van der Waals surface area contributed by atoms with E-state index in [0.29, 0.717) is 38.1 Å². The number of aryl methyl sites for hydroxylation is 1. The van der Waals surface area contributed by atoms with Gasteiger partial charge in [-0.3, -0.25) is 0 Å². The zero-order valence-electron chi connectivity index (χ0n) is 10.3. The second kappa shape index (κ2) is 6.08. The molecule has 0 radical (unpaired) electrons. The average Bonchev–Trinajstić information content (AvgIpc) is 2.77. The number of hydrogen-bond donors (Lipinski definition) is 2. The second-order valence-corrected chi connectivity index (χ2v) is 5.72. The number of aromatic carboxylic acids is 1. The number of anilines is 1.